The number of carbonyl (C=O) groups excluding carboxylic acids is 2. The number of benzene rings is 2. The van der Waals surface area contributed by atoms with Gasteiger partial charge in [-0.15, -0.1) is 11.8 Å². The first-order valence-corrected chi connectivity index (χ1v) is 14.4. The minimum Gasteiger partial charge on any atom is -0.497 e. The van der Waals surface area contributed by atoms with E-state index in [1.807, 2.05) is 58.1 Å². The smallest absolute Gasteiger partial charge is 0.242 e. The maximum absolute atomic E-state index is 13.8. The van der Waals surface area contributed by atoms with Crippen molar-refractivity contribution in [3.8, 4) is 17.2 Å². The van der Waals surface area contributed by atoms with Crippen LogP contribution in [0.3, 0.4) is 0 Å². The monoisotopic (exact) mass is 548 g/mol. The van der Waals surface area contributed by atoms with Gasteiger partial charge in [-0.2, -0.15) is 5.10 Å². The van der Waals surface area contributed by atoms with Gasteiger partial charge in [-0.3, -0.25) is 14.5 Å². The first-order chi connectivity index (χ1) is 18.7. The minimum absolute atomic E-state index is 0.0174. The first kappa shape index (κ1) is 27.1. The fourth-order valence-electron chi connectivity index (χ4n) is 5.31. The van der Waals surface area contributed by atoms with Gasteiger partial charge in [-0.05, 0) is 43.2 Å². The number of fused-ring (bicyclic) bond motifs is 1. The van der Waals surface area contributed by atoms with E-state index in [4.69, 9.17) is 14.6 Å². The SMILES string of the molecule is COc1ccc(-n2nc(C(C)(C)C)c3c2N(CC(=O)N2CCCC2)C(=O)CSC3c2ccccc2OC)cc1. The summed E-state index contributed by atoms with van der Waals surface area (Å²) >= 11 is 1.56. The molecule has 0 saturated carbocycles. The Balaban J connectivity index is 1.76. The Morgan fingerprint density at radius 3 is 2.36 bits per heavy atom. The third kappa shape index (κ3) is 5.24. The molecule has 0 spiro atoms. The Bertz CT molecular complexity index is 1360. The van der Waals surface area contributed by atoms with Crippen molar-refractivity contribution in [1.82, 2.24) is 14.7 Å². The summed E-state index contributed by atoms with van der Waals surface area (Å²) in [5.74, 6) is 2.22. The maximum atomic E-state index is 13.8. The van der Waals surface area contributed by atoms with Gasteiger partial charge in [0.1, 0.15) is 23.9 Å². The molecule has 0 bridgehead atoms. The lowest BCUT2D eigenvalue weighted by Gasteiger charge is -2.26. The van der Waals surface area contributed by atoms with Crippen LogP contribution in [0.25, 0.3) is 5.69 Å². The van der Waals surface area contributed by atoms with Crippen LogP contribution < -0.4 is 14.4 Å². The lowest BCUT2D eigenvalue weighted by Crippen LogP contribution is -2.43. The second kappa shape index (κ2) is 11.0. The summed E-state index contributed by atoms with van der Waals surface area (Å²) in [6.45, 7) is 7.84. The number of ether oxygens (including phenoxy) is 2. The number of aromatic nitrogens is 2. The third-order valence-corrected chi connectivity index (χ3v) is 8.53. The quantitative estimate of drug-likeness (QED) is 0.433. The Morgan fingerprint density at radius 2 is 1.72 bits per heavy atom. The number of rotatable bonds is 6. The highest BCUT2D eigenvalue weighted by Gasteiger charge is 2.41. The molecule has 0 N–H and O–H groups in total. The van der Waals surface area contributed by atoms with E-state index in [1.165, 1.54) is 0 Å². The highest BCUT2D eigenvalue weighted by atomic mass is 32.2. The standard InChI is InChI=1S/C30H36N4O4S/c1-30(2,3)28-26-27(22-10-6-7-11-23(22)38-5)39-19-25(36)33(18-24(35)32-16-8-9-17-32)29(26)34(31-28)20-12-14-21(37-4)15-13-20/h6-7,10-15,27H,8-9,16-19H2,1-5H3. The number of anilines is 1. The molecular weight excluding hydrogens is 512 g/mol. The summed E-state index contributed by atoms with van der Waals surface area (Å²) in [4.78, 5) is 30.8. The number of methoxy groups -OCH3 is 2. The number of amides is 2. The molecule has 8 nitrogen and oxygen atoms in total. The molecule has 1 fully saturated rings. The molecule has 0 aliphatic carbocycles. The van der Waals surface area contributed by atoms with E-state index in [2.05, 4.69) is 20.8 Å². The Labute approximate surface area is 234 Å². The molecule has 2 aromatic carbocycles. The predicted molar refractivity (Wildman–Crippen MR) is 154 cm³/mol. The molecule has 1 unspecified atom stereocenters. The van der Waals surface area contributed by atoms with Gasteiger partial charge in [0.15, 0.2) is 0 Å². The van der Waals surface area contributed by atoms with E-state index >= 15 is 0 Å². The Kier molecular flexibility index (Phi) is 7.62. The average molecular weight is 549 g/mol. The number of para-hydroxylation sites is 1. The number of carbonyl (C=O) groups is 2. The van der Waals surface area contributed by atoms with E-state index in [9.17, 15) is 9.59 Å². The molecule has 1 saturated heterocycles. The van der Waals surface area contributed by atoms with E-state index in [0.29, 0.717) is 5.82 Å². The van der Waals surface area contributed by atoms with Crippen molar-refractivity contribution in [2.75, 3.05) is 44.5 Å². The van der Waals surface area contributed by atoms with Gasteiger partial charge in [-0.25, -0.2) is 4.68 Å². The number of hydrogen-bond donors (Lipinski definition) is 0. The van der Waals surface area contributed by atoms with Gasteiger partial charge in [0.05, 0.1) is 36.6 Å². The van der Waals surface area contributed by atoms with Crippen molar-refractivity contribution in [2.45, 2.75) is 44.3 Å². The van der Waals surface area contributed by atoms with Crippen molar-refractivity contribution >= 4 is 29.4 Å². The van der Waals surface area contributed by atoms with E-state index in [0.717, 1.165) is 59.9 Å². The molecule has 2 aliphatic heterocycles. The summed E-state index contributed by atoms with van der Waals surface area (Å²) in [5, 5.41) is 4.94. The molecule has 5 rings (SSSR count). The topological polar surface area (TPSA) is 76.9 Å². The molecular formula is C30H36N4O4S. The fraction of sp³-hybridized carbons (Fsp3) is 0.433. The summed E-state index contributed by atoms with van der Waals surface area (Å²) in [6.07, 6.45) is 1.99. The van der Waals surface area contributed by atoms with Crippen molar-refractivity contribution in [1.29, 1.82) is 0 Å². The van der Waals surface area contributed by atoms with Gasteiger partial charge in [0.25, 0.3) is 0 Å². The van der Waals surface area contributed by atoms with Crippen molar-refractivity contribution in [3.05, 3.63) is 65.4 Å². The highest BCUT2D eigenvalue weighted by Crippen LogP contribution is 2.50. The van der Waals surface area contributed by atoms with Gasteiger partial charge >= 0.3 is 0 Å². The second-order valence-electron chi connectivity index (χ2n) is 10.9. The van der Waals surface area contributed by atoms with Gasteiger partial charge in [-0.1, -0.05) is 39.0 Å². The van der Waals surface area contributed by atoms with Crippen molar-refractivity contribution in [2.24, 2.45) is 0 Å². The fourth-order valence-corrected chi connectivity index (χ4v) is 6.53. The molecule has 0 radical (unpaired) electrons. The Hall–Kier alpha value is -3.46. The van der Waals surface area contributed by atoms with Crippen LogP contribution >= 0.6 is 11.8 Å². The molecule has 3 aromatic rings. The molecule has 206 valence electrons. The first-order valence-electron chi connectivity index (χ1n) is 13.3. The van der Waals surface area contributed by atoms with Crippen molar-refractivity contribution < 1.29 is 19.1 Å². The molecule has 2 aliphatic rings. The number of nitrogens with zero attached hydrogens (tertiary/aromatic N) is 4. The number of likely N-dealkylation sites (tertiary alicyclic amines) is 1. The zero-order valence-electron chi connectivity index (χ0n) is 23.3. The second-order valence-corrected chi connectivity index (χ2v) is 12.0. The Morgan fingerprint density at radius 1 is 1.03 bits per heavy atom. The van der Waals surface area contributed by atoms with Crippen LogP contribution in [0.1, 0.15) is 55.7 Å². The van der Waals surface area contributed by atoms with E-state index < -0.39 is 0 Å². The van der Waals surface area contributed by atoms with Crippen LogP contribution in [0.15, 0.2) is 48.5 Å². The summed E-state index contributed by atoms with van der Waals surface area (Å²) in [5.41, 5.74) is 3.25. The summed E-state index contributed by atoms with van der Waals surface area (Å²) in [7, 11) is 3.30. The number of hydrogen-bond acceptors (Lipinski definition) is 6. The third-order valence-electron chi connectivity index (χ3n) is 7.29. The van der Waals surface area contributed by atoms with Crippen LogP contribution in [-0.2, 0) is 15.0 Å². The lowest BCUT2D eigenvalue weighted by atomic mass is 9.87. The molecule has 1 aromatic heterocycles. The van der Waals surface area contributed by atoms with Gasteiger partial charge < -0.3 is 14.4 Å². The van der Waals surface area contributed by atoms with E-state index in [1.54, 1.807) is 30.9 Å². The molecule has 2 amide bonds. The summed E-state index contributed by atoms with van der Waals surface area (Å²) in [6, 6.07) is 15.6. The van der Waals surface area contributed by atoms with Crippen LogP contribution in [0.2, 0.25) is 0 Å². The number of thioether (sulfide) groups is 1. The predicted octanol–water partition coefficient (Wildman–Crippen LogP) is 4.98. The zero-order chi connectivity index (χ0) is 27.7. The van der Waals surface area contributed by atoms with Crippen molar-refractivity contribution in [3.63, 3.8) is 0 Å². The minimum atomic E-state index is -0.333. The van der Waals surface area contributed by atoms with E-state index in [-0.39, 0.29) is 34.8 Å². The van der Waals surface area contributed by atoms with Crippen LogP contribution in [0.5, 0.6) is 11.5 Å². The largest absolute Gasteiger partial charge is 0.497 e. The normalized spacial score (nSPS) is 17.7. The molecule has 9 heteroatoms. The van der Waals surface area contributed by atoms with Crippen LogP contribution in [0.4, 0.5) is 5.82 Å². The summed E-state index contributed by atoms with van der Waals surface area (Å²) < 4.78 is 13.0. The average Bonchev–Trinajstić information content (AvgIpc) is 3.59. The molecule has 3 heterocycles. The molecule has 39 heavy (non-hydrogen) atoms. The highest BCUT2D eigenvalue weighted by molar-refractivity contribution is 8.00. The zero-order valence-corrected chi connectivity index (χ0v) is 24.1. The molecule has 1 atom stereocenters. The van der Waals surface area contributed by atoms with Gasteiger partial charge in [0.2, 0.25) is 11.8 Å². The van der Waals surface area contributed by atoms with Gasteiger partial charge in [0, 0.05) is 29.6 Å². The van der Waals surface area contributed by atoms with Crippen LogP contribution in [-0.4, -0.2) is 66.1 Å². The maximum Gasteiger partial charge on any atom is 0.242 e. The van der Waals surface area contributed by atoms with Crippen LogP contribution in [0, 0.1) is 0 Å². The lowest BCUT2D eigenvalue weighted by molar-refractivity contribution is -0.130.